The van der Waals surface area contributed by atoms with Gasteiger partial charge in [-0.3, -0.25) is 4.79 Å². The zero-order valence-electron chi connectivity index (χ0n) is 16.5. The number of aromatic nitrogens is 1. The lowest BCUT2D eigenvalue weighted by Crippen LogP contribution is -2.21. The van der Waals surface area contributed by atoms with Crippen LogP contribution < -0.4 is 20.3 Å². The molecule has 0 aliphatic rings. The molecule has 0 spiro atoms. The van der Waals surface area contributed by atoms with Crippen LogP contribution in [0.15, 0.2) is 41.2 Å². The van der Waals surface area contributed by atoms with Crippen molar-refractivity contribution in [3.63, 3.8) is 0 Å². The third-order valence-corrected chi connectivity index (χ3v) is 5.01. The Morgan fingerprint density at radius 1 is 1.04 bits per heavy atom. The highest BCUT2D eigenvalue weighted by Gasteiger charge is 2.17. The van der Waals surface area contributed by atoms with Crippen LogP contribution in [-0.2, 0) is 0 Å². The standard InChI is InChI=1S/C22H26N2O3/c1-6-18(23-19-8-7-16(26-4)12-21(19)27-5)17-11-15-9-13(2)14(3)10-20(15)24-22(17)25/h7-12,18,23H,6H2,1-5H3,(H,24,25). The van der Waals surface area contributed by atoms with Gasteiger partial charge in [0.05, 0.1) is 25.9 Å². The van der Waals surface area contributed by atoms with Crippen LogP contribution in [-0.4, -0.2) is 19.2 Å². The number of H-pyrrole nitrogens is 1. The van der Waals surface area contributed by atoms with Crippen molar-refractivity contribution in [2.45, 2.75) is 33.2 Å². The number of pyridine rings is 1. The van der Waals surface area contributed by atoms with Crippen molar-refractivity contribution in [1.82, 2.24) is 4.98 Å². The number of aromatic amines is 1. The van der Waals surface area contributed by atoms with E-state index in [2.05, 4.69) is 30.2 Å². The van der Waals surface area contributed by atoms with E-state index in [0.29, 0.717) is 11.3 Å². The molecule has 5 nitrogen and oxygen atoms in total. The van der Waals surface area contributed by atoms with Crippen LogP contribution in [0, 0.1) is 13.8 Å². The van der Waals surface area contributed by atoms with Gasteiger partial charge in [-0.25, -0.2) is 0 Å². The fraction of sp³-hybridized carbons (Fsp3) is 0.318. The van der Waals surface area contributed by atoms with Gasteiger partial charge in [0.15, 0.2) is 0 Å². The number of aryl methyl sites for hydroxylation is 2. The van der Waals surface area contributed by atoms with Gasteiger partial charge >= 0.3 is 0 Å². The molecule has 0 fully saturated rings. The molecule has 0 amide bonds. The number of benzene rings is 2. The summed E-state index contributed by atoms with van der Waals surface area (Å²) in [5, 5.41) is 4.48. The van der Waals surface area contributed by atoms with Crippen LogP contribution in [0.2, 0.25) is 0 Å². The van der Waals surface area contributed by atoms with Crippen LogP contribution in [0.4, 0.5) is 5.69 Å². The van der Waals surface area contributed by atoms with Gasteiger partial charge in [0.1, 0.15) is 11.5 Å². The van der Waals surface area contributed by atoms with E-state index in [-0.39, 0.29) is 11.6 Å². The first-order valence-electron chi connectivity index (χ1n) is 9.09. The zero-order valence-corrected chi connectivity index (χ0v) is 16.5. The quantitative estimate of drug-likeness (QED) is 0.662. The van der Waals surface area contributed by atoms with E-state index < -0.39 is 0 Å². The van der Waals surface area contributed by atoms with E-state index in [0.717, 1.165) is 28.8 Å². The molecule has 5 heteroatoms. The Kier molecular flexibility index (Phi) is 5.40. The predicted octanol–water partition coefficient (Wildman–Crippen LogP) is 4.73. The number of rotatable bonds is 6. The largest absolute Gasteiger partial charge is 0.497 e. The van der Waals surface area contributed by atoms with Crippen molar-refractivity contribution in [2.75, 3.05) is 19.5 Å². The molecule has 0 aliphatic carbocycles. The average Bonchev–Trinajstić information content (AvgIpc) is 2.67. The molecule has 1 heterocycles. The maximum atomic E-state index is 12.7. The summed E-state index contributed by atoms with van der Waals surface area (Å²) in [6.07, 6.45) is 0.759. The SMILES string of the molecule is CCC(Nc1ccc(OC)cc1OC)c1cc2cc(C)c(C)cc2[nH]c1=O. The van der Waals surface area contributed by atoms with Crippen molar-refractivity contribution in [1.29, 1.82) is 0 Å². The van der Waals surface area contributed by atoms with Gasteiger partial charge in [-0.05, 0) is 67.1 Å². The summed E-state index contributed by atoms with van der Waals surface area (Å²) in [7, 11) is 3.24. The summed E-state index contributed by atoms with van der Waals surface area (Å²) in [5.74, 6) is 1.40. The molecular formula is C22H26N2O3. The smallest absolute Gasteiger partial charge is 0.253 e. The lowest BCUT2D eigenvalue weighted by Gasteiger charge is -2.21. The summed E-state index contributed by atoms with van der Waals surface area (Å²) in [5.41, 5.74) is 4.70. The number of fused-ring (bicyclic) bond motifs is 1. The van der Waals surface area contributed by atoms with E-state index in [9.17, 15) is 4.79 Å². The van der Waals surface area contributed by atoms with Crippen molar-refractivity contribution in [3.05, 3.63) is 63.4 Å². The van der Waals surface area contributed by atoms with E-state index in [1.54, 1.807) is 14.2 Å². The Morgan fingerprint density at radius 3 is 2.44 bits per heavy atom. The lowest BCUT2D eigenvalue weighted by molar-refractivity contribution is 0.395. The molecule has 2 aromatic carbocycles. The summed E-state index contributed by atoms with van der Waals surface area (Å²) in [6.45, 7) is 6.18. The molecule has 0 aliphatic heterocycles. The Morgan fingerprint density at radius 2 is 1.78 bits per heavy atom. The number of methoxy groups -OCH3 is 2. The van der Waals surface area contributed by atoms with E-state index in [1.165, 1.54) is 11.1 Å². The van der Waals surface area contributed by atoms with Gasteiger partial charge < -0.3 is 19.8 Å². The molecule has 142 valence electrons. The minimum atomic E-state index is -0.137. The van der Waals surface area contributed by atoms with Crippen LogP contribution in [0.25, 0.3) is 10.9 Å². The maximum absolute atomic E-state index is 12.7. The minimum Gasteiger partial charge on any atom is -0.497 e. The Hall–Kier alpha value is -2.95. The summed E-state index contributed by atoms with van der Waals surface area (Å²) < 4.78 is 10.7. The Labute approximate surface area is 159 Å². The molecular weight excluding hydrogens is 340 g/mol. The number of nitrogens with one attached hydrogen (secondary N) is 2. The predicted molar refractivity (Wildman–Crippen MR) is 110 cm³/mol. The second-order valence-electron chi connectivity index (χ2n) is 6.75. The Balaban J connectivity index is 2.02. The third kappa shape index (κ3) is 3.77. The molecule has 2 N–H and O–H groups in total. The van der Waals surface area contributed by atoms with E-state index >= 15 is 0 Å². The number of hydrogen-bond acceptors (Lipinski definition) is 4. The minimum absolute atomic E-state index is 0.0717. The summed E-state index contributed by atoms with van der Waals surface area (Å²) in [6, 6.07) is 11.6. The average molecular weight is 366 g/mol. The number of ether oxygens (including phenoxy) is 2. The molecule has 1 atom stereocenters. The van der Waals surface area contributed by atoms with Crippen LogP contribution in [0.3, 0.4) is 0 Å². The van der Waals surface area contributed by atoms with Gasteiger partial charge in [-0.2, -0.15) is 0 Å². The van der Waals surface area contributed by atoms with E-state index in [4.69, 9.17) is 9.47 Å². The first-order valence-corrected chi connectivity index (χ1v) is 9.09. The monoisotopic (exact) mass is 366 g/mol. The first-order chi connectivity index (χ1) is 13.0. The number of hydrogen-bond donors (Lipinski definition) is 2. The van der Waals surface area contributed by atoms with Crippen molar-refractivity contribution in [3.8, 4) is 11.5 Å². The summed E-state index contributed by atoms with van der Waals surface area (Å²) >= 11 is 0. The lowest BCUT2D eigenvalue weighted by atomic mass is 10.0. The molecule has 0 saturated carbocycles. The van der Waals surface area contributed by atoms with Gasteiger partial charge in [0.2, 0.25) is 0 Å². The molecule has 0 saturated heterocycles. The zero-order chi connectivity index (χ0) is 19.6. The highest BCUT2D eigenvalue weighted by atomic mass is 16.5. The molecule has 1 unspecified atom stereocenters. The van der Waals surface area contributed by atoms with Crippen molar-refractivity contribution in [2.24, 2.45) is 0 Å². The highest BCUT2D eigenvalue weighted by Crippen LogP contribution is 2.32. The second-order valence-corrected chi connectivity index (χ2v) is 6.75. The second kappa shape index (κ2) is 7.74. The van der Waals surface area contributed by atoms with Gasteiger partial charge in [-0.15, -0.1) is 0 Å². The van der Waals surface area contributed by atoms with Crippen LogP contribution >= 0.6 is 0 Å². The molecule has 27 heavy (non-hydrogen) atoms. The fourth-order valence-electron chi connectivity index (χ4n) is 3.26. The maximum Gasteiger partial charge on any atom is 0.253 e. The van der Waals surface area contributed by atoms with E-state index in [1.807, 2.05) is 37.3 Å². The van der Waals surface area contributed by atoms with Crippen molar-refractivity contribution < 1.29 is 9.47 Å². The fourth-order valence-corrected chi connectivity index (χ4v) is 3.26. The van der Waals surface area contributed by atoms with Crippen LogP contribution in [0.1, 0.15) is 36.1 Å². The van der Waals surface area contributed by atoms with Crippen molar-refractivity contribution >= 4 is 16.6 Å². The first kappa shape index (κ1) is 18.8. The molecule has 3 rings (SSSR count). The molecule has 1 aromatic heterocycles. The topological polar surface area (TPSA) is 63.4 Å². The number of anilines is 1. The highest BCUT2D eigenvalue weighted by molar-refractivity contribution is 5.81. The molecule has 3 aromatic rings. The molecule has 0 radical (unpaired) electrons. The van der Waals surface area contributed by atoms with Crippen LogP contribution in [0.5, 0.6) is 11.5 Å². The van der Waals surface area contributed by atoms with Gasteiger partial charge in [-0.1, -0.05) is 6.92 Å². The summed E-state index contributed by atoms with van der Waals surface area (Å²) in [4.78, 5) is 15.8. The van der Waals surface area contributed by atoms with Gasteiger partial charge in [0.25, 0.3) is 5.56 Å². The van der Waals surface area contributed by atoms with Gasteiger partial charge in [0, 0.05) is 17.1 Å². The third-order valence-electron chi connectivity index (χ3n) is 5.01. The normalized spacial score (nSPS) is 12.0. The Bertz CT molecular complexity index is 1020. The molecule has 0 bridgehead atoms.